The molecule has 0 atom stereocenters. The van der Waals surface area contributed by atoms with E-state index in [0.29, 0.717) is 5.82 Å². The van der Waals surface area contributed by atoms with E-state index in [1.807, 2.05) is 0 Å². The number of carbonyl (C=O) groups is 1. The third kappa shape index (κ3) is 2.29. The second kappa shape index (κ2) is 4.05. The summed E-state index contributed by atoms with van der Waals surface area (Å²) >= 11 is 5.53. The van der Waals surface area contributed by atoms with Gasteiger partial charge in [-0.25, -0.2) is 9.97 Å². The molecule has 0 spiro atoms. The molecule has 7 heteroatoms. The molecule has 1 N–H and O–H groups in total. The predicted molar refractivity (Wildman–Crippen MR) is 51.5 cm³/mol. The van der Waals surface area contributed by atoms with Crippen molar-refractivity contribution in [3.63, 3.8) is 0 Å². The van der Waals surface area contributed by atoms with Gasteiger partial charge in [-0.3, -0.25) is 4.79 Å². The second-order valence-electron chi connectivity index (χ2n) is 2.56. The van der Waals surface area contributed by atoms with Gasteiger partial charge in [-0.15, -0.1) is 0 Å². The summed E-state index contributed by atoms with van der Waals surface area (Å²) in [6.07, 6.45) is 3.99. The smallest absolute Gasteiger partial charge is 0.279 e. The molecule has 2 aromatic rings. The fourth-order valence-corrected chi connectivity index (χ4v) is 0.984. The summed E-state index contributed by atoms with van der Waals surface area (Å²) in [7, 11) is 0. The normalized spacial score (nSPS) is 9.93. The van der Waals surface area contributed by atoms with Gasteiger partial charge < -0.3 is 9.84 Å². The first-order valence-corrected chi connectivity index (χ1v) is 4.33. The van der Waals surface area contributed by atoms with Crippen molar-refractivity contribution in [2.45, 2.75) is 0 Å². The molecule has 0 aliphatic rings. The molecule has 0 aliphatic heterocycles. The molecule has 0 unspecified atom stereocenters. The van der Waals surface area contributed by atoms with Crippen molar-refractivity contribution in [2.24, 2.45) is 0 Å². The molecule has 2 aromatic heterocycles. The van der Waals surface area contributed by atoms with Crippen molar-refractivity contribution in [3.05, 3.63) is 35.6 Å². The van der Waals surface area contributed by atoms with Crippen LogP contribution >= 0.6 is 11.6 Å². The first kappa shape index (κ1) is 9.60. The van der Waals surface area contributed by atoms with Gasteiger partial charge in [0.15, 0.2) is 11.5 Å². The van der Waals surface area contributed by atoms with Gasteiger partial charge in [-0.1, -0.05) is 16.8 Å². The monoisotopic (exact) mass is 224 g/mol. The Morgan fingerprint density at radius 1 is 1.40 bits per heavy atom. The molecule has 0 aliphatic carbocycles. The Kier molecular flexibility index (Phi) is 2.59. The number of aromatic nitrogens is 3. The minimum Gasteiger partial charge on any atom is -0.364 e. The zero-order valence-corrected chi connectivity index (χ0v) is 8.10. The number of nitrogens with one attached hydrogen (secondary N) is 1. The van der Waals surface area contributed by atoms with Crippen LogP contribution in [0.1, 0.15) is 10.5 Å². The Morgan fingerprint density at radius 3 is 2.87 bits per heavy atom. The lowest BCUT2D eigenvalue weighted by atomic mass is 10.4. The molecule has 0 bridgehead atoms. The quantitative estimate of drug-likeness (QED) is 0.833. The maximum atomic E-state index is 11.4. The minimum absolute atomic E-state index is 0.173. The molecule has 15 heavy (non-hydrogen) atoms. The van der Waals surface area contributed by atoms with Crippen molar-refractivity contribution in [1.82, 2.24) is 15.1 Å². The highest BCUT2D eigenvalue weighted by Gasteiger charge is 2.09. The van der Waals surface area contributed by atoms with Gasteiger partial charge in [0, 0.05) is 6.07 Å². The van der Waals surface area contributed by atoms with Gasteiger partial charge in [0.25, 0.3) is 5.91 Å². The number of hydrogen-bond acceptors (Lipinski definition) is 5. The number of halogens is 1. The molecular weight excluding hydrogens is 220 g/mol. The maximum Gasteiger partial charge on any atom is 0.279 e. The largest absolute Gasteiger partial charge is 0.364 e. The van der Waals surface area contributed by atoms with Crippen molar-refractivity contribution >= 4 is 23.3 Å². The molecule has 6 nitrogen and oxygen atoms in total. The summed E-state index contributed by atoms with van der Waals surface area (Å²) in [5.74, 6) is -0.118. The summed E-state index contributed by atoms with van der Waals surface area (Å²) in [5, 5.41) is 6.21. The van der Waals surface area contributed by atoms with Crippen LogP contribution in [0, 0.1) is 0 Å². The van der Waals surface area contributed by atoms with Crippen LogP contribution in [0.5, 0.6) is 0 Å². The van der Waals surface area contributed by atoms with Crippen LogP contribution in [0.15, 0.2) is 29.2 Å². The number of amides is 1. The van der Waals surface area contributed by atoms with Gasteiger partial charge in [-0.05, 0) is 0 Å². The topological polar surface area (TPSA) is 80.9 Å². The fraction of sp³-hybridized carbons (Fsp3) is 0. The molecule has 0 saturated heterocycles. The summed E-state index contributed by atoms with van der Waals surface area (Å²) in [6, 6.07) is 1.44. The van der Waals surface area contributed by atoms with Crippen LogP contribution in [0.2, 0.25) is 5.15 Å². The zero-order valence-electron chi connectivity index (χ0n) is 7.35. The molecular formula is C8H5ClN4O2. The minimum atomic E-state index is -0.416. The summed E-state index contributed by atoms with van der Waals surface area (Å²) in [5.41, 5.74) is 0.173. The third-order valence-corrected chi connectivity index (χ3v) is 1.73. The van der Waals surface area contributed by atoms with Gasteiger partial charge in [0.1, 0.15) is 11.4 Å². The van der Waals surface area contributed by atoms with Crippen LogP contribution in [-0.4, -0.2) is 21.0 Å². The van der Waals surface area contributed by atoms with Crippen molar-refractivity contribution in [3.8, 4) is 0 Å². The van der Waals surface area contributed by atoms with Crippen LogP contribution in [0.4, 0.5) is 5.82 Å². The van der Waals surface area contributed by atoms with E-state index in [2.05, 4.69) is 25.0 Å². The Labute approximate surface area is 89.3 Å². The summed E-state index contributed by atoms with van der Waals surface area (Å²) in [4.78, 5) is 19.0. The zero-order chi connectivity index (χ0) is 10.7. The Morgan fingerprint density at radius 2 is 2.27 bits per heavy atom. The van der Waals surface area contributed by atoms with E-state index in [-0.39, 0.29) is 10.8 Å². The third-order valence-electron chi connectivity index (χ3n) is 1.53. The summed E-state index contributed by atoms with van der Waals surface area (Å²) < 4.78 is 4.52. The molecule has 0 radical (unpaired) electrons. The lowest BCUT2D eigenvalue weighted by Crippen LogP contribution is -2.13. The first-order valence-electron chi connectivity index (χ1n) is 3.95. The average Bonchev–Trinajstić information content (AvgIpc) is 2.74. The highest BCUT2D eigenvalue weighted by Crippen LogP contribution is 2.06. The van der Waals surface area contributed by atoms with Crippen molar-refractivity contribution in [1.29, 1.82) is 0 Å². The molecule has 2 heterocycles. The van der Waals surface area contributed by atoms with E-state index in [1.54, 1.807) is 0 Å². The van der Waals surface area contributed by atoms with E-state index in [0.717, 1.165) is 0 Å². The molecule has 0 fully saturated rings. The molecule has 0 aromatic carbocycles. The molecule has 76 valence electrons. The van der Waals surface area contributed by atoms with E-state index < -0.39 is 5.91 Å². The number of carbonyl (C=O) groups excluding carboxylic acids is 1. The first-order chi connectivity index (χ1) is 7.25. The van der Waals surface area contributed by atoms with Gasteiger partial charge in [0.2, 0.25) is 0 Å². The van der Waals surface area contributed by atoms with E-state index >= 15 is 0 Å². The van der Waals surface area contributed by atoms with Crippen LogP contribution in [0.3, 0.4) is 0 Å². The number of nitrogens with zero attached hydrogens (tertiary/aromatic N) is 3. The van der Waals surface area contributed by atoms with E-state index in [4.69, 9.17) is 11.6 Å². The summed E-state index contributed by atoms with van der Waals surface area (Å²) in [6.45, 7) is 0. The highest BCUT2D eigenvalue weighted by molar-refractivity contribution is 6.29. The Bertz CT molecular complexity index is 454. The lowest BCUT2D eigenvalue weighted by molar-refractivity contribution is 0.101. The lowest BCUT2D eigenvalue weighted by Gasteiger charge is -1.99. The second-order valence-corrected chi connectivity index (χ2v) is 2.95. The van der Waals surface area contributed by atoms with Crippen LogP contribution < -0.4 is 5.32 Å². The molecule has 0 saturated carbocycles. The van der Waals surface area contributed by atoms with E-state index in [1.165, 1.54) is 24.7 Å². The highest BCUT2D eigenvalue weighted by atomic mass is 35.5. The number of hydrogen-bond donors (Lipinski definition) is 1. The van der Waals surface area contributed by atoms with Crippen LogP contribution in [0.25, 0.3) is 0 Å². The average molecular weight is 225 g/mol. The van der Waals surface area contributed by atoms with Gasteiger partial charge in [0.05, 0.1) is 12.4 Å². The number of anilines is 1. The Balaban J connectivity index is 2.09. The van der Waals surface area contributed by atoms with Crippen molar-refractivity contribution in [2.75, 3.05) is 5.32 Å². The molecule has 1 amide bonds. The fourth-order valence-electron chi connectivity index (χ4n) is 0.887. The molecule has 2 rings (SSSR count). The van der Waals surface area contributed by atoms with Gasteiger partial charge in [-0.2, -0.15) is 0 Å². The van der Waals surface area contributed by atoms with Crippen LogP contribution in [-0.2, 0) is 0 Å². The van der Waals surface area contributed by atoms with Crippen molar-refractivity contribution < 1.29 is 9.32 Å². The number of rotatable bonds is 2. The standard InChI is InChI=1S/C8H5ClN4O2/c9-6-3-11-7(4-10-6)12-8(14)5-1-2-15-13-5/h1-4H,(H,11,12,14). The Hall–Kier alpha value is -1.95. The SMILES string of the molecule is O=C(Nc1cnc(Cl)cn1)c1ccon1. The van der Waals surface area contributed by atoms with Gasteiger partial charge >= 0.3 is 0 Å². The maximum absolute atomic E-state index is 11.4. The predicted octanol–water partition coefficient (Wildman–Crippen LogP) is 1.37. The van der Waals surface area contributed by atoms with E-state index in [9.17, 15) is 4.79 Å².